The highest BCUT2D eigenvalue weighted by atomic mass is 35.5. The third-order valence-corrected chi connectivity index (χ3v) is 3.49. The van der Waals surface area contributed by atoms with Crippen molar-refractivity contribution in [2.45, 2.75) is 25.3 Å². The van der Waals surface area contributed by atoms with Crippen LogP contribution in [-0.4, -0.2) is 17.0 Å². The number of amides is 1. The fraction of sp³-hybridized carbons (Fsp3) is 0.333. The van der Waals surface area contributed by atoms with Crippen LogP contribution in [0, 0.1) is 11.7 Å². The fourth-order valence-corrected chi connectivity index (χ4v) is 2.01. The van der Waals surface area contributed by atoms with E-state index >= 15 is 0 Å². The summed E-state index contributed by atoms with van der Waals surface area (Å²) in [6.45, 7) is 0. The van der Waals surface area contributed by atoms with Gasteiger partial charge in [0, 0.05) is 0 Å². The minimum atomic E-state index is -1.08. The number of carbonyl (C=O) groups excluding carboxylic acids is 1. The lowest BCUT2D eigenvalue weighted by molar-refractivity contribution is -0.137. The van der Waals surface area contributed by atoms with Gasteiger partial charge in [-0.2, -0.15) is 0 Å². The van der Waals surface area contributed by atoms with Crippen LogP contribution in [0.1, 0.15) is 30.9 Å². The summed E-state index contributed by atoms with van der Waals surface area (Å²) in [5.74, 6) is -1.67. The molecule has 1 fully saturated rings. The van der Waals surface area contributed by atoms with E-state index in [1.807, 2.05) is 0 Å². The number of rotatable bonds is 6. The molecular weight excluding hydrogens is 297 g/mol. The van der Waals surface area contributed by atoms with Crippen LogP contribution in [0.2, 0.25) is 5.02 Å². The number of aliphatic carboxylic acids is 1. The van der Waals surface area contributed by atoms with Crippen LogP contribution in [0.15, 0.2) is 30.4 Å². The van der Waals surface area contributed by atoms with Gasteiger partial charge in [-0.25, -0.2) is 4.39 Å². The van der Waals surface area contributed by atoms with Gasteiger partial charge in [-0.3, -0.25) is 9.59 Å². The van der Waals surface area contributed by atoms with E-state index < -0.39 is 17.8 Å². The lowest BCUT2D eigenvalue weighted by atomic mass is 10.0. The number of hydrogen-bond acceptors (Lipinski definition) is 2. The molecule has 0 aliphatic heterocycles. The van der Waals surface area contributed by atoms with Crippen molar-refractivity contribution in [3.8, 4) is 0 Å². The summed E-state index contributed by atoms with van der Waals surface area (Å²) in [5.41, 5.74) is 0.368. The molecule has 1 aromatic carbocycles. The quantitative estimate of drug-likeness (QED) is 0.793. The fourth-order valence-electron chi connectivity index (χ4n) is 1.89. The van der Waals surface area contributed by atoms with Crippen LogP contribution in [0.3, 0.4) is 0 Å². The molecule has 2 N–H and O–H groups in total. The Balaban J connectivity index is 2.10. The van der Waals surface area contributed by atoms with Crippen molar-refractivity contribution in [1.82, 2.24) is 5.32 Å². The van der Waals surface area contributed by atoms with E-state index in [1.54, 1.807) is 6.08 Å². The first-order valence-corrected chi connectivity index (χ1v) is 6.99. The predicted octanol–water partition coefficient (Wildman–Crippen LogP) is 3.08. The number of carboxylic acids is 1. The van der Waals surface area contributed by atoms with E-state index in [4.69, 9.17) is 16.7 Å². The van der Waals surface area contributed by atoms with Gasteiger partial charge in [0.2, 0.25) is 5.91 Å². The normalized spacial score (nSPS) is 15.9. The molecule has 21 heavy (non-hydrogen) atoms. The van der Waals surface area contributed by atoms with Crippen LogP contribution < -0.4 is 5.32 Å². The Bertz CT molecular complexity index is 584. The van der Waals surface area contributed by atoms with Crippen LogP contribution in [0.4, 0.5) is 4.39 Å². The molecular formula is C15H15ClFNO3. The van der Waals surface area contributed by atoms with Gasteiger partial charge in [0.25, 0.3) is 0 Å². The van der Waals surface area contributed by atoms with Gasteiger partial charge in [-0.05, 0) is 42.5 Å². The van der Waals surface area contributed by atoms with Crippen LogP contribution in [0.5, 0.6) is 0 Å². The Labute approximate surface area is 126 Å². The third-order valence-electron chi connectivity index (χ3n) is 3.18. The second-order valence-corrected chi connectivity index (χ2v) is 5.44. The van der Waals surface area contributed by atoms with Crippen molar-refractivity contribution >= 4 is 23.5 Å². The number of allylic oxidation sites excluding steroid dienone is 1. The average molecular weight is 312 g/mol. The molecule has 0 radical (unpaired) electrons. The minimum absolute atomic E-state index is 0.0484. The SMILES string of the molecule is O=C(O)CC(NC(=O)C=CC1CC1)c1ccc(Cl)c(F)c1. The molecule has 0 spiro atoms. The molecule has 1 unspecified atom stereocenters. The van der Waals surface area contributed by atoms with Gasteiger partial charge in [0.1, 0.15) is 5.82 Å². The summed E-state index contributed by atoms with van der Waals surface area (Å²) in [4.78, 5) is 22.7. The van der Waals surface area contributed by atoms with E-state index in [-0.39, 0.29) is 17.4 Å². The first kappa shape index (κ1) is 15.5. The number of benzene rings is 1. The molecule has 0 heterocycles. The van der Waals surface area contributed by atoms with Gasteiger partial charge in [0.05, 0.1) is 17.5 Å². The molecule has 1 atom stereocenters. The highest BCUT2D eigenvalue weighted by Gasteiger charge is 2.20. The van der Waals surface area contributed by atoms with E-state index in [0.29, 0.717) is 11.5 Å². The average Bonchev–Trinajstić information content (AvgIpc) is 3.22. The summed E-state index contributed by atoms with van der Waals surface area (Å²) in [5, 5.41) is 11.5. The summed E-state index contributed by atoms with van der Waals surface area (Å²) >= 11 is 5.60. The Morgan fingerprint density at radius 2 is 2.19 bits per heavy atom. The van der Waals surface area contributed by atoms with E-state index in [2.05, 4.69) is 5.32 Å². The zero-order valence-corrected chi connectivity index (χ0v) is 11.9. The number of halogens is 2. The molecule has 1 aromatic rings. The molecule has 1 aliphatic rings. The summed E-state index contributed by atoms with van der Waals surface area (Å²) in [6.07, 6.45) is 5.02. The van der Waals surface area contributed by atoms with Crippen molar-refractivity contribution in [2.75, 3.05) is 0 Å². The zero-order chi connectivity index (χ0) is 15.4. The van der Waals surface area contributed by atoms with Gasteiger partial charge < -0.3 is 10.4 Å². The monoisotopic (exact) mass is 311 g/mol. The first-order chi connectivity index (χ1) is 9.95. The Morgan fingerprint density at radius 1 is 1.48 bits per heavy atom. The maximum absolute atomic E-state index is 13.5. The number of nitrogens with one attached hydrogen (secondary N) is 1. The molecule has 112 valence electrons. The molecule has 0 saturated heterocycles. The molecule has 2 rings (SSSR count). The van der Waals surface area contributed by atoms with Crippen molar-refractivity contribution in [2.24, 2.45) is 5.92 Å². The smallest absolute Gasteiger partial charge is 0.305 e. The first-order valence-electron chi connectivity index (χ1n) is 6.61. The molecule has 4 nitrogen and oxygen atoms in total. The van der Waals surface area contributed by atoms with E-state index in [1.165, 1.54) is 18.2 Å². The zero-order valence-electron chi connectivity index (χ0n) is 11.2. The highest BCUT2D eigenvalue weighted by Crippen LogP contribution is 2.30. The van der Waals surface area contributed by atoms with Crippen LogP contribution in [-0.2, 0) is 9.59 Å². The second kappa shape index (κ2) is 6.72. The second-order valence-electron chi connectivity index (χ2n) is 5.03. The maximum atomic E-state index is 13.5. The van der Waals surface area contributed by atoms with E-state index in [9.17, 15) is 14.0 Å². The minimum Gasteiger partial charge on any atom is -0.481 e. The topological polar surface area (TPSA) is 66.4 Å². The lowest BCUT2D eigenvalue weighted by Gasteiger charge is -2.16. The molecule has 1 amide bonds. The third kappa shape index (κ3) is 4.86. The van der Waals surface area contributed by atoms with Crippen molar-refractivity contribution < 1.29 is 19.1 Å². The molecule has 0 aromatic heterocycles. The number of carboxylic acid groups (broad SMARTS) is 1. The lowest BCUT2D eigenvalue weighted by Crippen LogP contribution is -2.28. The standard InChI is InChI=1S/C15H15ClFNO3/c16-11-5-4-10(7-12(11)17)13(8-15(20)21)18-14(19)6-3-9-1-2-9/h3-7,9,13H,1-2,8H2,(H,18,19)(H,20,21). The molecule has 1 saturated carbocycles. The van der Waals surface area contributed by atoms with Crippen molar-refractivity contribution in [3.05, 3.63) is 46.8 Å². The summed E-state index contributed by atoms with van der Waals surface area (Å²) in [7, 11) is 0. The van der Waals surface area contributed by atoms with Gasteiger partial charge in [0.15, 0.2) is 0 Å². The molecule has 1 aliphatic carbocycles. The predicted molar refractivity (Wildman–Crippen MR) is 76.4 cm³/mol. The van der Waals surface area contributed by atoms with Crippen molar-refractivity contribution in [3.63, 3.8) is 0 Å². The Hall–Kier alpha value is -1.88. The Kier molecular flexibility index (Phi) is 4.96. The number of carbonyl (C=O) groups is 2. The van der Waals surface area contributed by atoms with Crippen LogP contribution >= 0.6 is 11.6 Å². The van der Waals surface area contributed by atoms with Gasteiger partial charge in [-0.1, -0.05) is 23.7 Å². The summed E-state index contributed by atoms with van der Waals surface area (Å²) in [6, 6.07) is 3.18. The Morgan fingerprint density at radius 3 is 2.76 bits per heavy atom. The van der Waals surface area contributed by atoms with Gasteiger partial charge >= 0.3 is 5.97 Å². The van der Waals surface area contributed by atoms with Crippen molar-refractivity contribution in [1.29, 1.82) is 0 Å². The largest absolute Gasteiger partial charge is 0.481 e. The van der Waals surface area contributed by atoms with Crippen LogP contribution in [0.25, 0.3) is 0 Å². The molecule has 6 heteroatoms. The van der Waals surface area contributed by atoms with Gasteiger partial charge in [-0.15, -0.1) is 0 Å². The maximum Gasteiger partial charge on any atom is 0.305 e. The van der Waals surface area contributed by atoms with E-state index in [0.717, 1.165) is 18.9 Å². The molecule has 0 bridgehead atoms. The number of hydrogen-bond donors (Lipinski definition) is 2. The highest BCUT2D eigenvalue weighted by molar-refractivity contribution is 6.30. The summed E-state index contributed by atoms with van der Waals surface area (Å²) < 4.78 is 13.5.